The van der Waals surface area contributed by atoms with E-state index in [0.29, 0.717) is 11.4 Å². The van der Waals surface area contributed by atoms with E-state index in [1.165, 1.54) is 5.56 Å². The third kappa shape index (κ3) is 3.47. The van der Waals surface area contributed by atoms with Crippen LogP contribution >= 0.6 is 0 Å². The molecule has 5 heteroatoms. The van der Waals surface area contributed by atoms with E-state index in [0.717, 1.165) is 18.6 Å². The van der Waals surface area contributed by atoms with Crippen LogP contribution in [0.1, 0.15) is 24.6 Å². The van der Waals surface area contributed by atoms with Gasteiger partial charge in [-0.15, -0.1) is 0 Å². The van der Waals surface area contributed by atoms with Gasteiger partial charge in [0.1, 0.15) is 17.2 Å². The molecule has 0 atom stereocenters. The number of nitrogens with zero attached hydrogens (tertiary/aromatic N) is 2. The summed E-state index contributed by atoms with van der Waals surface area (Å²) in [5.41, 5.74) is 7.14. The van der Waals surface area contributed by atoms with Gasteiger partial charge in [0.05, 0.1) is 0 Å². The predicted molar refractivity (Wildman–Crippen MR) is 77.3 cm³/mol. The monoisotopic (exact) mass is 271 g/mol. The summed E-state index contributed by atoms with van der Waals surface area (Å²) < 4.78 is 5.71. The van der Waals surface area contributed by atoms with Crippen molar-refractivity contribution in [3.63, 3.8) is 0 Å². The summed E-state index contributed by atoms with van der Waals surface area (Å²) in [4.78, 5) is 3.99. The first kappa shape index (κ1) is 13.9. The minimum atomic E-state index is -0.0475. The number of benzene rings is 1. The zero-order chi connectivity index (χ0) is 14.4. The molecule has 0 fully saturated rings. The maximum atomic E-state index is 8.63. The average molecular weight is 271 g/mol. The topological polar surface area (TPSA) is 80.7 Å². The molecule has 2 rings (SSSR count). The molecule has 0 spiro atoms. The fraction of sp³-hybridized carbons (Fsp3) is 0.200. The number of hydrogen-bond acceptors (Lipinski definition) is 4. The Labute approximate surface area is 117 Å². The van der Waals surface area contributed by atoms with Crippen molar-refractivity contribution in [3.05, 3.63) is 53.9 Å². The van der Waals surface area contributed by atoms with Crippen LogP contribution in [-0.2, 0) is 6.42 Å². The largest absolute Gasteiger partial charge is 0.457 e. The number of aryl methyl sites for hydroxylation is 1. The van der Waals surface area contributed by atoms with Crippen molar-refractivity contribution in [3.8, 4) is 11.5 Å². The molecule has 5 nitrogen and oxygen atoms in total. The lowest BCUT2D eigenvalue weighted by Crippen LogP contribution is -2.14. The molecule has 1 aromatic carbocycles. The minimum absolute atomic E-state index is 0.0475. The van der Waals surface area contributed by atoms with Gasteiger partial charge in [-0.2, -0.15) is 0 Å². The molecule has 0 bridgehead atoms. The molecule has 3 N–H and O–H groups in total. The molecule has 2 aromatic rings. The Hall–Kier alpha value is -2.56. The lowest BCUT2D eigenvalue weighted by atomic mass is 10.1. The fourth-order valence-electron chi connectivity index (χ4n) is 1.81. The van der Waals surface area contributed by atoms with E-state index < -0.39 is 0 Å². The number of aromatic nitrogens is 1. The molecule has 1 aromatic heterocycles. The van der Waals surface area contributed by atoms with Crippen LogP contribution in [0.4, 0.5) is 0 Å². The second kappa shape index (κ2) is 6.56. The van der Waals surface area contributed by atoms with E-state index in [2.05, 4.69) is 17.1 Å². The third-order valence-corrected chi connectivity index (χ3v) is 2.80. The Morgan fingerprint density at radius 1 is 1.25 bits per heavy atom. The van der Waals surface area contributed by atoms with E-state index in [9.17, 15) is 0 Å². The molecular formula is C15H17N3O2. The van der Waals surface area contributed by atoms with E-state index in [1.807, 2.05) is 24.3 Å². The van der Waals surface area contributed by atoms with Crippen molar-refractivity contribution >= 4 is 5.84 Å². The van der Waals surface area contributed by atoms with E-state index in [-0.39, 0.29) is 5.84 Å². The van der Waals surface area contributed by atoms with Crippen molar-refractivity contribution in [2.75, 3.05) is 0 Å². The molecule has 0 amide bonds. The number of hydrogen-bond donors (Lipinski definition) is 2. The zero-order valence-electron chi connectivity index (χ0n) is 11.3. The van der Waals surface area contributed by atoms with Gasteiger partial charge in [0, 0.05) is 12.3 Å². The number of oxime groups is 1. The number of ether oxygens (including phenoxy) is 1. The van der Waals surface area contributed by atoms with Gasteiger partial charge in [-0.3, -0.25) is 4.98 Å². The Bertz CT molecular complexity index is 594. The Morgan fingerprint density at radius 3 is 2.65 bits per heavy atom. The third-order valence-electron chi connectivity index (χ3n) is 2.80. The first-order chi connectivity index (χ1) is 9.72. The Morgan fingerprint density at radius 2 is 2.00 bits per heavy atom. The van der Waals surface area contributed by atoms with E-state index in [4.69, 9.17) is 15.7 Å². The highest BCUT2D eigenvalue weighted by Gasteiger charge is 2.04. The van der Waals surface area contributed by atoms with E-state index in [1.54, 1.807) is 18.3 Å². The van der Waals surface area contributed by atoms with E-state index >= 15 is 0 Å². The van der Waals surface area contributed by atoms with Crippen LogP contribution in [0.25, 0.3) is 0 Å². The van der Waals surface area contributed by atoms with Crippen molar-refractivity contribution in [2.24, 2.45) is 10.9 Å². The summed E-state index contributed by atoms with van der Waals surface area (Å²) in [7, 11) is 0. The normalized spacial score (nSPS) is 11.3. The van der Waals surface area contributed by atoms with Crippen molar-refractivity contribution in [2.45, 2.75) is 19.8 Å². The van der Waals surface area contributed by atoms with Crippen LogP contribution in [0.5, 0.6) is 11.5 Å². The quantitative estimate of drug-likeness (QED) is 0.379. The Balaban J connectivity index is 2.13. The number of amidine groups is 1. The van der Waals surface area contributed by atoms with Crippen LogP contribution in [0.2, 0.25) is 0 Å². The highest BCUT2D eigenvalue weighted by Crippen LogP contribution is 2.22. The lowest BCUT2D eigenvalue weighted by Gasteiger charge is -2.07. The molecule has 0 unspecified atom stereocenters. The van der Waals surface area contributed by atoms with Crippen molar-refractivity contribution in [1.82, 2.24) is 4.98 Å². The summed E-state index contributed by atoms with van der Waals surface area (Å²) in [5, 5.41) is 11.5. The molecule has 0 aliphatic rings. The van der Waals surface area contributed by atoms with Gasteiger partial charge in [-0.25, -0.2) is 0 Å². The highest BCUT2D eigenvalue weighted by atomic mass is 16.5. The summed E-state index contributed by atoms with van der Waals surface area (Å²) in [6.07, 6.45) is 3.73. The Kier molecular flexibility index (Phi) is 4.55. The maximum absolute atomic E-state index is 8.63. The SMILES string of the molecule is CCCc1ccc(Oc2ccnc(C(N)=NO)c2)cc1. The average Bonchev–Trinajstić information content (AvgIpc) is 2.49. The highest BCUT2D eigenvalue weighted by molar-refractivity contribution is 5.95. The van der Waals surface area contributed by atoms with Gasteiger partial charge in [-0.1, -0.05) is 30.6 Å². The molecule has 104 valence electrons. The van der Waals surface area contributed by atoms with Gasteiger partial charge >= 0.3 is 0 Å². The molecule has 1 heterocycles. The molecule has 0 aliphatic carbocycles. The van der Waals surface area contributed by atoms with Gasteiger partial charge in [-0.05, 0) is 30.2 Å². The van der Waals surface area contributed by atoms with Crippen LogP contribution in [0.3, 0.4) is 0 Å². The van der Waals surface area contributed by atoms with Crippen LogP contribution < -0.4 is 10.5 Å². The summed E-state index contributed by atoms with van der Waals surface area (Å²) in [6, 6.07) is 11.3. The number of nitrogens with two attached hydrogens (primary N) is 1. The van der Waals surface area contributed by atoms with Crippen molar-refractivity contribution < 1.29 is 9.94 Å². The summed E-state index contributed by atoms with van der Waals surface area (Å²) in [6.45, 7) is 2.15. The molecule has 0 aliphatic heterocycles. The molecule has 0 saturated carbocycles. The molecule has 0 radical (unpaired) electrons. The first-order valence-electron chi connectivity index (χ1n) is 6.43. The van der Waals surface area contributed by atoms with Gasteiger partial charge in [0.2, 0.25) is 0 Å². The van der Waals surface area contributed by atoms with Gasteiger partial charge < -0.3 is 15.7 Å². The number of pyridine rings is 1. The maximum Gasteiger partial charge on any atom is 0.188 e. The molecule has 20 heavy (non-hydrogen) atoms. The predicted octanol–water partition coefficient (Wildman–Crippen LogP) is 2.92. The second-order valence-electron chi connectivity index (χ2n) is 4.36. The lowest BCUT2D eigenvalue weighted by molar-refractivity contribution is 0.318. The summed E-state index contributed by atoms with van der Waals surface area (Å²) >= 11 is 0. The minimum Gasteiger partial charge on any atom is -0.457 e. The van der Waals surface area contributed by atoms with Crippen molar-refractivity contribution in [1.29, 1.82) is 0 Å². The standard InChI is InChI=1S/C15H17N3O2/c1-2-3-11-4-6-12(7-5-11)20-13-8-9-17-14(10-13)15(16)18-19/h4-10,19H,2-3H2,1H3,(H2,16,18). The smallest absolute Gasteiger partial charge is 0.188 e. The van der Waals surface area contributed by atoms with Gasteiger partial charge in [0.15, 0.2) is 5.84 Å². The summed E-state index contributed by atoms with van der Waals surface area (Å²) in [5.74, 6) is 1.28. The second-order valence-corrected chi connectivity index (χ2v) is 4.36. The fourth-order valence-corrected chi connectivity index (χ4v) is 1.81. The van der Waals surface area contributed by atoms with Crippen LogP contribution in [0, 0.1) is 0 Å². The number of rotatable bonds is 5. The van der Waals surface area contributed by atoms with Crippen LogP contribution in [0.15, 0.2) is 47.8 Å². The molecular weight excluding hydrogens is 254 g/mol. The van der Waals surface area contributed by atoms with Gasteiger partial charge in [0.25, 0.3) is 0 Å². The molecule has 0 saturated heterocycles. The van der Waals surface area contributed by atoms with Crippen LogP contribution in [-0.4, -0.2) is 16.0 Å². The first-order valence-corrected chi connectivity index (χ1v) is 6.43. The zero-order valence-corrected chi connectivity index (χ0v) is 11.3.